The summed E-state index contributed by atoms with van der Waals surface area (Å²) >= 11 is 0. The number of aliphatic carboxylic acids is 1. The molecule has 26 heavy (non-hydrogen) atoms. The molecule has 0 spiro atoms. The quantitative estimate of drug-likeness (QED) is 0.455. The number of carbonyl (C=O) groups excluding carboxylic acids is 1. The zero-order chi connectivity index (χ0) is 18.7. The van der Waals surface area contributed by atoms with Crippen LogP contribution < -0.4 is 5.73 Å². The third-order valence-corrected chi connectivity index (χ3v) is 4.74. The number of nitrogens with two attached hydrogens (primary N) is 1. The van der Waals surface area contributed by atoms with Gasteiger partial charge in [0.2, 0.25) is 0 Å². The van der Waals surface area contributed by atoms with Crippen LogP contribution in [-0.2, 0) is 14.3 Å². The van der Waals surface area contributed by atoms with E-state index in [1.165, 1.54) is 6.08 Å². The zero-order valence-corrected chi connectivity index (χ0v) is 14.3. The smallest absolute Gasteiger partial charge is 0.321 e. The standard InChI is InChI=1S/C21H21NO4/c1-2-7-18(22)19(20(23)24)21(25)26-12-17-15-10-5-3-8-13(15)14-9-4-6-11-16(14)17/h2-6,8-11,17-19H,1,7,12,22H2,(H,23,24)/t18-,19+/m0/s1. The van der Waals surface area contributed by atoms with Crippen molar-refractivity contribution in [3.63, 3.8) is 0 Å². The Morgan fingerprint density at radius 3 is 2.15 bits per heavy atom. The molecule has 5 heteroatoms. The van der Waals surface area contributed by atoms with Crippen molar-refractivity contribution in [3.05, 3.63) is 72.3 Å². The Morgan fingerprint density at radius 2 is 1.65 bits per heavy atom. The molecule has 5 nitrogen and oxygen atoms in total. The van der Waals surface area contributed by atoms with E-state index in [0.29, 0.717) is 0 Å². The van der Waals surface area contributed by atoms with Gasteiger partial charge in [-0.05, 0) is 28.7 Å². The molecule has 3 rings (SSSR count). The van der Waals surface area contributed by atoms with Gasteiger partial charge >= 0.3 is 11.9 Å². The van der Waals surface area contributed by atoms with Crippen molar-refractivity contribution >= 4 is 11.9 Å². The van der Waals surface area contributed by atoms with Gasteiger partial charge in [0.05, 0.1) is 0 Å². The Hall–Kier alpha value is -2.92. The number of ether oxygens (including phenoxy) is 1. The molecule has 0 radical (unpaired) electrons. The van der Waals surface area contributed by atoms with Crippen LogP contribution in [0.3, 0.4) is 0 Å². The van der Waals surface area contributed by atoms with E-state index in [-0.39, 0.29) is 18.9 Å². The first-order valence-corrected chi connectivity index (χ1v) is 8.48. The summed E-state index contributed by atoms with van der Waals surface area (Å²) in [6.45, 7) is 3.62. The van der Waals surface area contributed by atoms with Gasteiger partial charge in [0, 0.05) is 12.0 Å². The van der Waals surface area contributed by atoms with E-state index in [2.05, 4.69) is 6.58 Å². The predicted molar refractivity (Wildman–Crippen MR) is 98.6 cm³/mol. The van der Waals surface area contributed by atoms with Gasteiger partial charge in [-0.1, -0.05) is 54.6 Å². The van der Waals surface area contributed by atoms with Crippen LogP contribution in [0.4, 0.5) is 0 Å². The SMILES string of the molecule is C=CC[C@H](N)[C@H](C(=O)O)C(=O)OCC1c2ccccc2-c2ccccc21. The van der Waals surface area contributed by atoms with Crippen LogP contribution in [0.2, 0.25) is 0 Å². The molecule has 3 N–H and O–H groups in total. The van der Waals surface area contributed by atoms with Gasteiger partial charge in [-0.15, -0.1) is 6.58 Å². The topological polar surface area (TPSA) is 89.6 Å². The van der Waals surface area contributed by atoms with Gasteiger partial charge < -0.3 is 15.6 Å². The van der Waals surface area contributed by atoms with Crippen LogP contribution in [0, 0.1) is 5.92 Å². The van der Waals surface area contributed by atoms with E-state index in [0.717, 1.165) is 22.3 Å². The molecule has 2 aromatic rings. The van der Waals surface area contributed by atoms with Crippen LogP contribution in [0.15, 0.2) is 61.2 Å². The lowest BCUT2D eigenvalue weighted by Crippen LogP contribution is -2.41. The summed E-state index contributed by atoms with van der Waals surface area (Å²) in [5.41, 5.74) is 10.2. The highest BCUT2D eigenvalue weighted by atomic mass is 16.5. The Morgan fingerprint density at radius 1 is 1.12 bits per heavy atom. The lowest BCUT2D eigenvalue weighted by molar-refractivity contribution is -0.159. The normalized spacial score (nSPS) is 14.8. The molecule has 0 heterocycles. The minimum absolute atomic E-state index is 0.0808. The van der Waals surface area contributed by atoms with E-state index >= 15 is 0 Å². The van der Waals surface area contributed by atoms with Crippen molar-refractivity contribution in [2.24, 2.45) is 11.7 Å². The third-order valence-electron chi connectivity index (χ3n) is 4.74. The van der Waals surface area contributed by atoms with E-state index in [4.69, 9.17) is 10.5 Å². The molecule has 2 atom stereocenters. The second kappa shape index (κ2) is 7.54. The van der Waals surface area contributed by atoms with E-state index < -0.39 is 23.9 Å². The molecule has 2 aromatic carbocycles. The molecule has 134 valence electrons. The highest BCUT2D eigenvalue weighted by Crippen LogP contribution is 2.44. The van der Waals surface area contributed by atoms with Gasteiger partial charge in [0.1, 0.15) is 6.61 Å². The molecular weight excluding hydrogens is 330 g/mol. The van der Waals surface area contributed by atoms with Crippen molar-refractivity contribution in [1.82, 2.24) is 0 Å². The lowest BCUT2D eigenvalue weighted by atomic mass is 9.96. The molecule has 0 aliphatic heterocycles. The molecular formula is C21H21NO4. The summed E-state index contributed by atoms with van der Waals surface area (Å²) < 4.78 is 5.40. The number of carbonyl (C=O) groups is 2. The fourth-order valence-electron chi connectivity index (χ4n) is 3.48. The van der Waals surface area contributed by atoms with Crippen LogP contribution in [0.25, 0.3) is 11.1 Å². The van der Waals surface area contributed by atoms with Crippen LogP contribution >= 0.6 is 0 Å². The summed E-state index contributed by atoms with van der Waals surface area (Å²) in [5, 5.41) is 9.33. The highest BCUT2D eigenvalue weighted by molar-refractivity contribution is 5.95. The largest absolute Gasteiger partial charge is 0.481 e. The van der Waals surface area contributed by atoms with E-state index in [1.54, 1.807) is 0 Å². The summed E-state index contributed by atoms with van der Waals surface area (Å²) in [4.78, 5) is 23.8. The van der Waals surface area contributed by atoms with Crippen molar-refractivity contribution in [2.45, 2.75) is 18.4 Å². The van der Waals surface area contributed by atoms with Crippen molar-refractivity contribution in [3.8, 4) is 11.1 Å². The van der Waals surface area contributed by atoms with Crippen molar-refractivity contribution in [2.75, 3.05) is 6.61 Å². The average Bonchev–Trinajstić information content (AvgIpc) is 2.94. The predicted octanol–water partition coefficient (Wildman–Crippen LogP) is 2.95. The summed E-state index contributed by atoms with van der Waals surface area (Å²) in [6.07, 6.45) is 1.72. The monoisotopic (exact) mass is 351 g/mol. The van der Waals surface area contributed by atoms with Gasteiger partial charge in [0.25, 0.3) is 0 Å². The minimum Gasteiger partial charge on any atom is -0.481 e. The molecule has 0 amide bonds. The highest BCUT2D eigenvalue weighted by Gasteiger charge is 2.35. The maximum Gasteiger partial charge on any atom is 0.321 e. The second-order valence-electron chi connectivity index (χ2n) is 6.36. The number of fused-ring (bicyclic) bond motifs is 3. The third kappa shape index (κ3) is 3.26. The van der Waals surface area contributed by atoms with Gasteiger partial charge in [0.15, 0.2) is 5.92 Å². The van der Waals surface area contributed by atoms with Gasteiger partial charge in [-0.25, -0.2) is 0 Å². The van der Waals surface area contributed by atoms with Gasteiger partial charge in [-0.3, -0.25) is 9.59 Å². The number of esters is 1. The first-order valence-electron chi connectivity index (χ1n) is 8.48. The lowest BCUT2D eigenvalue weighted by Gasteiger charge is -2.20. The summed E-state index contributed by atoms with van der Waals surface area (Å²) in [6, 6.07) is 15.1. The molecule has 0 aromatic heterocycles. The summed E-state index contributed by atoms with van der Waals surface area (Å²) in [5.74, 6) is -3.61. The Balaban J connectivity index is 1.80. The average molecular weight is 351 g/mol. The Labute approximate surface area is 152 Å². The molecule has 0 unspecified atom stereocenters. The number of carboxylic acid groups (broad SMARTS) is 1. The molecule has 0 saturated heterocycles. The molecule has 1 aliphatic rings. The summed E-state index contributed by atoms with van der Waals surface area (Å²) in [7, 11) is 0. The number of carboxylic acids is 1. The Bertz CT molecular complexity index is 800. The molecule has 0 fully saturated rings. The van der Waals surface area contributed by atoms with Gasteiger partial charge in [-0.2, -0.15) is 0 Å². The molecule has 0 bridgehead atoms. The van der Waals surface area contributed by atoms with Crippen molar-refractivity contribution < 1.29 is 19.4 Å². The second-order valence-corrected chi connectivity index (χ2v) is 6.36. The van der Waals surface area contributed by atoms with Crippen LogP contribution in [0.1, 0.15) is 23.5 Å². The molecule has 1 aliphatic carbocycles. The number of hydrogen-bond donors (Lipinski definition) is 2. The fraction of sp³-hybridized carbons (Fsp3) is 0.238. The number of rotatable bonds is 7. The fourth-order valence-corrected chi connectivity index (χ4v) is 3.48. The first-order chi connectivity index (χ1) is 12.5. The number of benzene rings is 2. The van der Waals surface area contributed by atoms with Crippen LogP contribution in [0.5, 0.6) is 0 Å². The maximum atomic E-state index is 12.4. The zero-order valence-electron chi connectivity index (χ0n) is 14.3. The Kier molecular flexibility index (Phi) is 5.19. The van der Waals surface area contributed by atoms with E-state index in [1.807, 2.05) is 48.5 Å². The van der Waals surface area contributed by atoms with E-state index in [9.17, 15) is 14.7 Å². The minimum atomic E-state index is -1.40. The maximum absolute atomic E-state index is 12.4. The first kappa shape index (κ1) is 17.9. The van der Waals surface area contributed by atoms with Crippen LogP contribution in [-0.4, -0.2) is 29.7 Å². The number of hydrogen-bond acceptors (Lipinski definition) is 4. The van der Waals surface area contributed by atoms with Crippen molar-refractivity contribution in [1.29, 1.82) is 0 Å². The molecule has 0 saturated carbocycles.